The molecule has 0 aromatic heterocycles. The van der Waals surface area contributed by atoms with Gasteiger partial charge in [-0.1, -0.05) is 18.7 Å². The van der Waals surface area contributed by atoms with Crippen LogP contribution in [0.2, 0.25) is 0 Å². The Morgan fingerprint density at radius 2 is 2.06 bits per heavy atom. The molecule has 0 aliphatic heterocycles. The molecule has 0 unspecified atom stereocenters. The van der Waals surface area contributed by atoms with Gasteiger partial charge in [0.1, 0.15) is 11.4 Å². The molecule has 0 spiro atoms. The largest absolute Gasteiger partial charge is 0.514 e. The van der Waals surface area contributed by atoms with Crippen LogP contribution in [0.4, 0.5) is 4.79 Å². The number of ether oxygens (including phenoxy) is 2. The van der Waals surface area contributed by atoms with Crippen LogP contribution in [0.25, 0.3) is 0 Å². The predicted molar refractivity (Wildman–Crippen MR) is 62.9 cm³/mol. The molecule has 0 bridgehead atoms. The average Bonchev–Trinajstić information content (AvgIpc) is 2.16. The molecule has 0 saturated carbocycles. The van der Waals surface area contributed by atoms with Crippen molar-refractivity contribution in [1.29, 1.82) is 0 Å². The van der Waals surface area contributed by atoms with Gasteiger partial charge in [-0.3, -0.25) is 0 Å². The zero-order chi connectivity index (χ0) is 12.2. The van der Waals surface area contributed by atoms with Crippen molar-refractivity contribution in [1.82, 2.24) is 0 Å². The summed E-state index contributed by atoms with van der Waals surface area (Å²) in [5.74, 6) is 0.639. The standard InChI is InChI=1S/C13H18O3/c1-5-10-6-8-11(9-7-10)15-12(14)16-13(2,3)4/h5-6,8H,1,7,9H2,2-4H3. The lowest BCUT2D eigenvalue weighted by Crippen LogP contribution is -2.24. The molecule has 0 heterocycles. The first kappa shape index (κ1) is 12.6. The van der Waals surface area contributed by atoms with Gasteiger partial charge >= 0.3 is 6.16 Å². The van der Waals surface area contributed by atoms with Gasteiger partial charge in [0.25, 0.3) is 0 Å². The van der Waals surface area contributed by atoms with Gasteiger partial charge in [-0.05, 0) is 38.8 Å². The molecule has 0 atom stereocenters. The van der Waals surface area contributed by atoms with Crippen LogP contribution < -0.4 is 0 Å². The van der Waals surface area contributed by atoms with E-state index in [4.69, 9.17) is 9.47 Å². The zero-order valence-corrected chi connectivity index (χ0v) is 10.1. The minimum atomic E-state index is -0.644. The molecule has 0 fully saturated rings. The van der Waals surface area contributed by atoms with Gasteiger partial charge in [0, 0.05) is 6.42 Å². The summed E-state index contributed by atoms with van der Waals surface area (Å²) in [7, 11) is 0. The van der Waals surface area contributed by atoms with Gasteiger partial charge in [0.15, 0.2) is 0 Å². The number of carbonyl (C=O) groups excluding carboxylic acids is 1. The maximum Gasteiger partial charge on any atom is 0.514 e. The normalized spacial score (nSPS) is 15.9. The van der Waals surface area contributed by atoms with Crippen LogP contribution >= 0.6 is 0 Å². The number of allylic oxidation sites excluding steroid dienone is 5. The molecule has 88 valence electrons. The van der Waals surface area contributed by atoms with Crippen LogP contribution in [-0.4, -0.2) is 11.8 Å². The molecule has 0 N–H and O–H groups in total. The van der Waals surface area contributed by atoms with Crippen LogP contribution in [0, 0.1) is 0 Å². The van der Waals surface area contributed by atoms with E-state index in [1.165, 1.54) is 0 Å². The van der Waals surface area contributed by atoms with Gasteiger partial charge < -0.3 is 9.47 Å². The Hall–Kier alpha value is -1.51. The van der Waals surface area contributed by atoms with Crippen molar-refractivity contribution in [3.63, 3.8) is 0 Å². The quantitative estimate of drug-likeness (QED) is 0.668. The van der Waals surface area contributed by atoms with Crippen molar-refractivity contribution < 1.29 is 14.3 Å². The van der Waals surface area contributed by atoms with Crippen molar-refractivity contribution in [2.24, 2.45) is 0 Å². The molecule has 3 nitrogen and oxygen atoms in total. The molecule has 0 radical (unpaired) electrons. The molecule has 0 saturated heterocycles. The molecular weight excluding hydrogens is 204 g/mol. The van der Waals surface area contributed by atoms with E-state index >= 15 is 0 Å². The summed E-state index contributed by atoms with van der Waals surface area (Å²) in [6.07, 6.45) is 6.39. The Labute approximate surface area is 96.4 Å². The zero-order valence-electron chi connectivity index (χ0n) is 10.1. The fourth-order valence-electron chi connectivity index (χ4n) is 1.27. The van der Waals surface area contributed by atoms with Crippen LogP contribution in [0.1, 0.15) is 33.6 Å². The first-order chi connectivity index (χ1) is 7.40. The number of hydrogen-bond acceptors (Lipinski definition) is 3. The highest BCUT2D eigenvalue weighted by Gasteiger charge is 2.19. The summed E-state index contributed by atoms with van der Waals surface area (Å²) in [5, 5.41) is 0. The lowest BCUT2D eigenvalue weighted by molar-refractivity contribution is 0.00525. The van der Waals surface area contributed by atoms with E-state index in [1.54, 1.807) is 32.9 Å². The second-order valence-electron chi connectivity index (χ2n) is 4.65. The molecular formula is C13H18O3. The van der Waals surface area contributed by atoms with E-state index in [0.717, 1.165) is 12.0 Å². The summed E-state index contributed by atoms with van der Waals surface area (Å²) in [6.45, 7) is 9.10. The predicted octanol–water partition coefficient (Wildman–Crippen LogP) is 3.73. The molecule has 1 aliphatic rings. The van der Waals surface area contributed by atoms with Crippen molar-refractivity contribution in [2.75, 3.05) is 0 Å². The SMILES string of the molecule is C=CC1=CC=C(OC(=O)OC(C)(C)C)CC1. The summed E-state index contributed by atoms with van der Waals surface area (Å²) < 4.78 is 10.1. The Balaban J connectivity index is 2.50. The summed E-state index contributed by atoms with van der Waals surface area (Å²) in [6, 6.07) is 0. The molecule has 1 aliphatic carbocycles. The lowest BCUT2D eigenvalue weighted by atomic mass is 10.0. The monoisotopic (exact) mass is 222 g/mol. The van der Waals surface area contributed by atoms with Crippen molar-refractivity contribution in [2.45, 2.75) is 39.2 Å². The summed E-state index contributed by atoms with van der Waals surface area (Å²) in [4.78, 5) is 11.4. The third-order valence-electron chi connectivity index (χ3n) is 2.01. The minimum Gasteiger partial charge on any atom is -0.428 e. The Bertz CT molecular complexity index is 343. The number of carbonyl (C=O) groups is 1. The van der Waals surface area contributed by atoms with Crippen LogP contribution in [0.5, 0.6) is 0 Å². The topological polar surface area (TPSA) is 35.5 Å². The minimum absolute atomic E-state index is 0.519. The second kappa shape index (κ2) is 5.01. The Morgan fingerprint density at radius 3 is 2.50 bits per heavy atom. The number of hydrogen-bond donors (Lipinski definition) is 0. The van der Waals surface area contributed by atoms with E-state index in [9.17, 15) is 4.79 Å². The van der Waals surface area contributed by atoms with E-state index in [-0.39, 0.29) is 0 Å². The average molecular weight is 222 g/mol. The second-order valence-corrected chi connectivity index (χ2v) is 4.65. The van der Waals surface area contributed by atoms with Crippen LogP contribution in [0.15, 0.2) is 36.1 Å². The lowest BCUT2D eigenvalue weighted by Gasteiger charge is -2.20. The summed E-state index contributed by atoms with van der Waals surface area (Å²) >= 11 is 0. The van der Waals surface area contributed by atoms with Gasteiger partial charge in [-0.2, -0.15) is 0 Å². The van der Waals surface area contributed by atoms with Crippen molar-refractivity contribution >= 4 is 6.16 Å². The Kier molecular flexibility index (Phi) is 3.93. The first-order valence-corrected chi connectivity index (χ1v) is 5.34. The third kappa shape index (κ3) is 4.34. The highest BCUT2D eigenvalue weighted by atomic mass is 16.7. The van der Waals surface area contributed by atoms with E-state index < -0.39 is 11.8 Å². The highest BCUT2D eigenvalue weighted by Crippen LogP contribution is 2.21. The fourth-order valence-corrected chi connectivity index (χ4v) is 1.27. The van der Waals surface area contributed by atoms with Crippen LogP contribution in [-0.2, 0) is 9.47 Å². The fraction of sp³-hybridized carbons (Fsp3) is 0.462. The van der Waals surface area contributed by atoms with Gasteiger partial charge in [-0.15, -0.1) is 0 Å². The van der Waals surface area contributed by atoms with E-state index in [1.807, 2.05) is 6.08 Å². The van der Waals surface area contributed by atoms with E-state index in [2.05, 4.69) is 6.58 Å². The molecule has 3 heteroatoms. The molecule has 0 aromatic rings. The third-order valence-corrected chi connectivity index (χ3v) is 2.01. The molecule has 16 heavy (non-hydrogen) atoms. The van der Waals surface area contributed by atoms with Gasteiger partial charge in [0.05, 0.1) is 0 Å². The Morgan fingerprint density at radius 1 is 1.38 bits per heavy atom. The van der Waals surface area contributed by atoms with Crippen molar-refractivity contribution in [3.8, 4) is 0 Å². The van der Waals surface area contributed by atoms with Crippen LogP contribution in [0.3, 0.4) is 0 Å². The molecule has 0 aromatic carbocycles. The smallest absolute Gasteiger partial charge is 0.428 e. The first-order valence-electron chi connectivity index (χ1n) is 5.34. The number of rotatable bonds is 2. The maximum absolute atomic E-state index is 11.4. The molecule has 1 rings (SSSR count). The highest BCUT2D eigenvalue weighted by molar-refractivity contribution is 5.62. The van der Waals surface area contributed by atoms with E-state index in [0.29, 0.717) is 12.2 Å². The molecule has 0 amide bonds. The maximum atomic E-state index is 11.4. The summed E-state index contributed by atoms with van der Waals surface area (Å²) in [5.41, 5.74) is 0.630. The van der Waals surface area contributed by atoms with Gasteiger partial charge in [0.2, 0.25) is 0 Å². The van der Waals surface area contributed by atoms with Gasteiger partial charge in [-0.25, -0.2) is 4.79 Å². The van der Waals surface area contributed by atoms with Crippen molar-refractivity contribution in [3.05, 3.63) is 36.1 Å².